The van der Waals surface area contributed by atoms with Crippen LogP contribution in [0.25, 0.3) is 0 Å². The van der Waals surface area contributed by atoms with Gasteiger partial charge in [-0.3, -0.25) is 4.79 Å². The number of carbonyl (C=O) groups is 1. The molecule has 4 nitrogen and oxygen atoms in total. The zero-order valence-corrected chi connectivity index (χ0v) is 12.5. The van der Waals surface area contributed by atoms with E-state index in [1.807, 2.05) is 50.1 Å². The number of hydrogen-bond acceptors (Lipinski definition) is 3. The fourth-order valence-corrected chi connectivity index (χ4v) is 1.91. The number of nitrogens with zero attached hydrogens (tertiary/aromatic N) is 1. The van der Waals surface area contributed by atoms with Crippen LogP contribution in [0.5, 0.6) is 0 Å². The first-order valence-electron chi connectivity index (χ1n) is 6.35. The molecule has 5 heteroatoms. The van der Waals surface area contributed by atoms with Crippen LogP contribution in [0, 0.1) is 0 Å². The molecule has 1 rings (SSSR count). The Bertz CT molecular complexity index is 462. The predicted molar refractivity (Wildman–Crippen MR) is 83.5 cm³/mol. The quantitative estimate of drug-likeness (QED) is 0.778. The summed E-state index contributed by atoms with van der Waals surface area (Å²) < 4.78 is 0. The molecule has 0 aliphatic heterocycles. The van der Waals surface area contributed by atoms with Crippen LogP contribution in [0.4, 0.5) is 5.69 Å². The molecular weight excluding hydrogens is 258 g/mol. The molecule has 0 aliphatic carbocycles. The van der Waals surface area contributed by atoms with Gasteiger partial charge in [0.15, 0.2) is 0 Å². The Morgan fingerprint density at radius 2 is 2.11 bits per heavy atom. The van der Waals surface area contributed by atoms with Crippen LogP contribution in [0.1, 0.15) is 25.8 Å². The molecule has 0 fully saturated rings. The van der Waals surface area contributed by atoms with E-state index in [1.165, 1.54) is 0 Å². The number of thiocarbonyl (C=S) groups is 1. The monoisotopic (exact) mass is 279 g/mol. The number of rotatable bonds is 6. The number of amides is 1. The lowest BCUT2D eigenvalue weighted by Crippen LogP contribution is -2.40. The van der Waals surface area contributed by atoms with Crippen molar-refractivity contribution in [3.63, 3.8) is 0 Å². The summed E-state index contributed by atoms with van der Waals surface area (Å²) in [4.78, 5) is 14.1. The molecule has 1 atom stereocenters. The second-order valence-corrected chi connectivity index (χ2v) is 5.05. The van der Waals surface area contributed by atoms with Crippen molar-refractivity contribution < 1.29 is 4.79 Å². The van der Waals surface area contributed by atoms with E-state index in [-0.39, 0.29) is 18.5 Å². The second kappa shape index (κ2) is 7.09. The molecule has 0 aliphatic rings. The normalized spacial score (nSPS) is 11.7. The van der Waals surface area contributed by atoms with Gasteiger partial charge < -0.3 is 16.0 Å². The summed E-state index contributed by atoms with van der Waals surface area (Å²) in [5.74, 6) is -0.00501. The highest BCUT2D eigenvalue weighted by molar-refractivity contribution is 7.80. The molecule has 0 saturated heterocycles. The van der Waals surface area contributed by atoms with Gasteiger partial charge in [-0.25, -0.2) is 0 Å². The molecule has 104 valence electrons. The number of benzene rings is 1. The number of likely N-dealkylation sites (N-methyl/N-ethyl adjacent to an activating group) is 1. The Morgan fingerprint density at radius 1 is 1.47 bits per heavy atom. The van der Waals surface area contributed by atoms with Crippen molar-refractivity contribution in [1.82, 2.24) is 5.32 Å². The van der Waals surface area contributed by atoms with Crippen molar-refractivity contribution in [1.29, 1.82) is 0 Å². The van der Waals surface area contributed by atoms with E-state index in [0.29, 0.717) is 4.99 Å². The van der Waals surface area contributed by atoms with E-state index < -0.39 is 0 Å². The number of carbonyl (C=O) groups excluding carboxylic acids is 1. The maximum absolute atomic E-state index is 11.9. The predicted octanol–water partition coefficient (Wildman–Crippen LogP) is 1.67. The van der Waals surface area contributed by atoms with Crippen molar-refractivity contribution >= 4 is 28.8 Å². The summed E-state index contributed by atoms with van der Waals surface area (Å²) in [7, 11) is 1.85. The number of nitrogens with two attached hydrogens (primary N) is 1. The van der Waals surface area contributed by atoms with Gasteiger partial charge in [0.05, 0.1) is 6.54 Å². The van der Waals surface area contributed by atoms with Crippen molar-refractivity contribution in [3.05, 3.63) is 29.8 Å². The zero-order valence-electron chi connectivity index (χ0n) is 11.6. The van der Waals surface area contributed by atoms with Crippen LogP contribution >= 0.6 is 12.2 Å². The van der Waals surface area contributed by atoms with Crippen LogP contribution in [0.3, 0.4) is 0 Å². The first kappa shape index (κ1) is 15.4. The first-order chi connectivity index (χ1) is 8.95. The molecule has 0 radical (unpaired) electrons. The van der Waals surface area contributed by atoms with Crippen molar-refractivity contribution in [2.45, 2.75) is 26.3 Å². The van der Waals surface area contributed by atoms with Gasteiger partial charge in [0.25, 0.3) is 0 Å². The molecule has 1 unspecified atom stereocenters. The van der Waals surface area contributed by atoms with Crippen LogP contribution in [0.15, 0.2) is 24.3 Å². The Hall–Kier alpha value is -1.62. The highest BCUT2D eigenvalue weighted by Gasteiger charge is 2.13. The highest BCUT2D eigenvalue weighted by Crippen LogP contribution is 2.18. The van der Waals surface area contributed by atoms with Crippen LogP contribution in [0.2, 0.25) is 0 Å². The fraction of sp³-hybridized carbons (Fsp3) is 0.429. The van der Waals surface area contributed by atoms with E-state index in [0.717, 1.165) is 17.7 Å². The molecule has 0 aromatic heterocycles. The number of hydrogen-bond donors (Lipinski definition) is 2. The first-order valence-corrected chi connectivity index (χ1v) is 6.75. The average molecular weight is 279 g/mol. The number of nitrogens with one attached hydrogen (secondary N) is 1. The lowest BCUT2D eigenvalue weighted by Gasteiger charge is -2.22. The minimum absolute atomic E-state index is 0.00501. The van der Waals surface area contributed by atoms with E-state index in [4.69, 9.17) is 18.0 Å². The third-order valence-corrected chi connectivity index (χ3v) is 3.20. The van der Waals surface area contributed by atoms with Crippen molar-refractivity contribution in [2.24, 2.45) is 5.73 Å². The van der Waals surface area contributed by atoms with Crippen LogP contribution in [-0.4, -0.2) is 30.5 Å². The van der Waals surface area contributed by atoms with Crippen molar-refractivity contribution in [3.8, 4) is 0 Å². The molecule has 1 amide bonds. The lowest BCUT2D eigenvalue weighted by molar-refractivity contribution is -0.120. The average Bonchev–Trinajstić information content (AvgIpc) is 2.38. The van der Waals surface area contributed by atoms with Crippen LogP contribution in [-0.2, 0) is 4.79 Å². The Labute approximate surface area is 120 Å². The zero-order chi connectivity index (χ0) is 14.4. The van der Waals surface area contributed by atoms with Gasteiger partial charge >= 0.3 is 0 Å². The van der Waals surface area contributed by atoms with E-state index in [9.17, 15) is 4.79 Å². The van der Waals surface area contributed by atoms with Gasteiger partial charge in [0.2, 0.25) is 5.91 Å². The highest BCUT2D eigenvalue weighted by atomic mass is 32.1. The molecule has 0 spiro atoms. The Kier molecular flexibility index (Phi) is 5.76. The third kappa shape index (κ3) is 4.52. The van der Waals surface area contributed by atoms with E-state index in [2.05, 4.69) is 5.32 Å². The molecular formula is C14H21N3OS. The molecule has 19 heavy (non-hydrogen) atoms. The molecule has 0 heterocycles. The van der Waals surface area contributed by atoms with Gasteiger partial charge in [0, 0.05) is 24.3 Å². The van der Waals surface area contributed by atoms with Gasteiger partial charge in [-0.2, -0.15) is 0 Å². The number of anilines is 1. The largest absolute Gasteiger partial charge is 0.389 e. The van der Waals surface area contributed by atoms with Gasteiger partial charge in [0.1, 0.15) is 4.99 Å². The molecule has 3 N–H and O–H groups in total. The minimum Gasteiger partial charge on any atom is -0.389 e. The summed E-state index contributed by atoms with van der Waals surface area (Å²) in [6.45, 7) is 4.31. The van der Waals surface area contributed by atoms with Gasteiger partial charge in [-0.05, 0) is 25.5 Å². The SMILES string of the molecule is CCC(C)NC(=O)CN(C)c1ccccc1C(N)=S. The Morgan fingerprint density at radius 3 is 2.68 bits per heavy atom. The van der Waals surface area contributed by atoms with E-state index >= 15 is 0 Å². The lowest BCUT2D eigenvalue weighted by atomic mass is 10.1. The van der Waals surface area contributed by atoms with E-state index in [1.54, 1.807) is 0 Å². The maximum Gasteiger partial charge on any atom is 0.239 e. The molecule has 0 bridgehead atoms. The topological polar surface area (TPSA) is 58.4 Å². The third-order valence-electron chi connectivity index (χ3n) is 2.98. The summed E-state index contributed by atoms with van der Waals surface area (Å²) >= 11 is 5.02. The maximum atomic E-state index is 11.9. The van der Waals surface area contributed by atoms with Crippen LogP contribution < -0.4 is 16.0 Å². The number of para-hydroxylation sites is 1. The summed E-state index contributed by atoms with van der Waals surface area (Å²) in [6, 6.07) is 7.74. The Balaban J connectivity index is 2.76. The summed E-state index contributed by atoms with van der Waals surface area (Å²) in [6.07, 6.45) is 0.916. The minimum atomic E-state index is -0.00501. The van der Waals surface area contributed by atoms with Crippen molar-refractivity contribution in [2.75, 3.05) is 18.5 Å². The summed E-state index contributed by atoms with van der Waals surface area (Å²) in [5.41, 5.74) is 7.35. The smallest absolute Gasteiger partial charge is 0.239 e. The molecule has 0 saturated carbocycles. The summed E-state index contributed by atoms with van der Waals surface area (Å²) in [5, 5.41) is 2.93. The fourth-order valence-electron chi connectivity index (χ4n) is 1.74. The molecule has 1 aromatic rings. The van der Waals surface area contributed by atoms with Gasteiger partial charge in [-0.1, -0.05) is 31.3 Å². The molecule has 1 aromatic carbocycles. The second-order valence-electron chi connectivity index (χ2n) is 4.61. The van der Waals surface area contributed by atoms with Gasteiger partial charge in [-0.15, -0.1) is 0 Å². The standard InChI is InChI=1S/C14H21N3OS/c1-4-10(2)16-13(18)9-17(3)12-8-6-5-7-11(12)14(15)19/h5-8,10H,4,9H2,1-3H3,(H2,15,19)(H,16,18).